The van der Waals surface area contributed by atoms with Crippen LogP contribution in [0.3, 0.4) is 0 Å². The second kappa shape index (κ2) is 12.6. The van der Waals surface area contributed by atoms with Crippen LogP contribution in [-0.4, -0.2) is 61.9 Å². The number of alkyl halides is 3. The van der Waals surface area contributed by atoms with Gasteiger partial charge in [-0.3, -0.25) is 14.6 Å². The monoisotopic (exact) mass is 533 g/mol. The smallest absolute Gasteiger partial charge is 0.413 e. The van der Waals surface area contributed by atoms with Crippen molar-refractivity contribution >= 4 is 41.4 Å². The Bertz CT molecular complexity index is 1210. The molecule has 0 spiro atoms. The summed E-state index contributed by atoms with van der Waals surface area (Å²) in [6, 6.07) is 12.4. The minimum atomic E-state index is -4.65. The van der Waals surface area contributed by atoms with E-state index in [1.807, 2.05) is 6.26 Å². The molecule has 7 nitrogen and oxygen atoms in total. The highest BCUT2D eigenvalue weighted by atomic mass is 32.2. The first-order chi connectivity index (χ1) is 17.7. The number of ether oxygens (including phenoxy) is 1. The van der Waals surface area contributed by atoms with Gasteiger partial charge < -0.3 is 15.4 Å². The molecule has 1 heterocycles. The number of hydrogen-bond acceptors (Lipinski definition) is 6. The van der Waals surface area contributed by atoms with Crippen LogP contribution >= 0.6 is 11.8 Å². The number of nitrogens with one attached hydrogen (secondary N) is 2. The van der Waals surface area contributed by atoms with Gasteiger partial charge in [0.1, 0.15) is 6.04 Å². The first-order valence-corrected chi connectivity index (χ1v) is 12.7. The number of thioether (sulfide) groups is 1. The van der Waals surface area contributed by atoms with Crippen LogP contribution in [0.15, 0.2) is 64.7 Å². The normalized spacial score (nSPS) is 14.2. The van der Waals surface area contributed by atoms with Crippen molar-refractivity contribution in [3.8, 4) is 11.1 Å². The molecule has 2 amide bonds. The highest BCUT2D eigenvalue weighted by Gasteiger charge is 2.38. The van der Waals surface area contributed by atoms with Crippen LogP contribution < -0.4 is 10.6 Å². The number of dihydropyridines is 1. The van der Waals surface area contributed by atoms with Crippen LogP contribution in [-0.2, 0) is 14.3 Å². The SMILES string of the molecule is COC(=O)[C@H](CCSC)NC(=O)c1ccc(NC(=O)C2=C(C(F)(F)F)CC=NC2)cc1-c1ccccc1. The fourth-order valence-electron chi connectivity index (χ4n) is 3.77. The number of nitrogens with zero attached hydrogens (tertiary/aromatic N) is 1. The number of halogens is 3. The van der Waals surface area contributed by atoms with Gasteiger partial charge in [0.2, 0.25) is 0 Å². The zero-order chi connectivity index (χ0) is 27.0. The van der Waals surface area contributed by atoms with E-state index in [4.69, 9.17) is 4.74 Å². The molecule has 2 N–H and O–H groups in total. The Morgan fingerprint density at radius 3 is 2.49 bits per heavy atom. The van der Waals surface area contributed by atoms with E-state index in [-0.39, 0.29) is 17.8 Å². The molecule has 0 bridgehead atoms. The van der Waals surface area contributed by atoms with E-state index in [0.717, 1.165) is 6.21 Å². The number of benzene rings is 2. The second-order valence-electron chi connectivity index (χ2n) is 8.09. The number of carbonyl (C=O) groups excluding carboxylic acids is 3. The number of hydrogen-bond donors (Lipinski definition) is 2. The largest absolute Gasteiger partial charge is 0.467 e. The molecule has 1 aliphatic rings. The topological polar surface area (TPSA) is 96.9 Å². The van der Waals surface area contributed by atoms with E-state index in [2.05, 4.69) is 15.6 Å². The minimum Gasteiger partial charge on any atom is -0.467 e. The number of amides is 2. The summed E-state index contributed by atoms with van der Waals surface area (Å²) < 4.78 is 45.0. The van der Waals surface area contributed by atoms with Gasteiger partial charge in [-0.2, -0.15) is 24.9 Å². The Morgan fingerprint density at radius 2 is 1.84 bits per heavy atom. The lowest BCUT2D eigenvalue weighted by Gasteiger charge is -2.20. The number of carbonyl (C=O) groups is 3. The summed E-state index contributed by atoms with van der Waals surface area (Å²) in [5.41, 5.74) is 0.109. The molecule has 0 aliphatic carbocycles. The van der Waals surface area contributed by atoms with Crippen LogP contribution in [0.4, 0.5) is 18.9 Å². The molecule has 37 heavy (non-hydrogen) atoms. The summed E-state index contributed by atoms with van der Waals surface area (Å²) in [5, 5.41) is 5.21. The van der Waals surface area contributed by atoms with Crippen LogP contribution in [0.2, 0.25) is 0 Å². The standard InChI is InChI=1S/C26H26F3N3O4S/c1-36-25(35)22(11-13-37-2)32-23(33)18-9-8-17(14-19(18)16-6-4-3-5-7-16)31-24(34)20-15-30-12-10-21(20)26(27,28)29/h3-9,12,14,22H,10-11,13,15H2,1-2H3,(H,31,34)(H,32,33)/t22-/m0/s1. The fraction of sp³-hybridized carbons (Fsp3) is 0.308. The van der Waals surface area contributed by atoms with Gasteiger partial charge in [0.25, 0.3) is 11.8 Å². The number of allylic oxidation sites excluding steroid dienone is 1. The molecule has 0 aromatic heterocycles. The third-order valence-electron chi connectivity index (χ3n) is 5.66. The van der Waals surface area contributed by atoms with Crippen molar-refractivity contribution in [2.24, 2.45) is 4.99 Å². The third kappa shape index (κ3) is 7.22. The lowest BCUT2D eigenvalue weighted by molar-refractivity contribution is -0.142. The molecule has 0 fully saturated rings. The van der Waals surface area contributed by atoms with Crippen molar-refractivity contribution in [1.82, 2.24) is 5.32 Å². The summed E-state index contributed by atoms with van der Waals surface area (Å²) in [5.74, 6) is -1.40. The summed E-state index contributed by atoms with van der Waals surface area (Å²) in [7, 11) is 1.24. The van der Waals surface area contributed by atoms with E-state index in [9.17, 15) is 27.6 Å². The number of aliphatic imine (C=N–C) groups is 1. The van der Waals surface area contributed by atoms with E-state index in [0.29, 0.717) is 23.3 Å². The van der Waals surface area contributed by atoms with Crippen molar-refractivity contribution in [2.45, 2.75) is 25.1 Å². The summed E-state index contributed by atoms with van der Waals surface area (Å²) in [4.78, 5) is 42.0. The molecule has 3 rings (SSSR count). The molecule has 0 saturated heterocycles. The van der Waals surface area contributed by atoms with E-state index >= 15 is 0 Å². The number of anilines is 1. The van der Waals surface area contributed by atoms with Gasteiger partial charge in [-0.25, -0.2) is 4.79 Å². The second-order valence-corrected chi connectivity index (χ2v) is 9.08. The summed E-state index contributed by atoms with van der Waals surface area (Å²) >= 11 is 1.52. The Labute approximate surface area is 216 Å². The molecule has 11 heteroatoms. The van der Waals surface area contributed by atoms with Crippen LogP contribution in [0.5, 0.6) is 0 Å². The first-order valence-electron chi connectivity index (χ1n) is 11.3. The van der Waals surface area contributed by atoms with E-state index in [1.165, 1.54) is 37.1 Å². The third-order valence-corrected chi connectivity index (χ3v) is 6.31. The summed E-state index contributed by atoms with van der Waals surface area (Å²) in [6.45, 7) is -0.377. The molecule has 0 radical (unpaired) electrons. The van der Waals surface area contributed by atoms with Crippen LogP contribution in [0, 0.1) is 0 Å². The van der Waals surface area contributed by atoms with Gasteiger partial charge in [-0.1, -0.05) is 30.3 Å². The van der Waals surface area contributed by atoms with Crippen molar-refractivity contribution < 1.29 is 32.3 Å². The number of methoxy groups -OCH3 is 1. The van der Waals surface area contributed by atoms with Crippen molar-refractivity contribution in [2.75, 3.05) is 31.0 Å². The predicted molar refractivity (Wildman–Crippen MR) is 138 cm³/mol. The number of rotatable bonds is 9. The average molecular weight is 534 g/mol. The molecule has 1 atom stereocenters. The van der Waals surface area contributed by atoms with Gasteiger partial charge in [0.05, 0.1) is 13.7 Å². The molecule has 196 valence electrons. The lowest BCUT2D eigenvalue weighted by atomic mass is 9.97. The number of esters is 1. The first kappa shape index (κ1) is 28.0. The molecular formula is C26H26F3N3O4S. The van der Waals surface area contributed by atoms with E-state index in [1.54, 1.807) is 30.3 Å². The quantitative estimate of drug-likeness (QED) is 0.458. The van der Waals surface area contributed by atoms with Gasteiger partial charge in [-0.05, 0) is 47.8 Å². The Morgan fingerprint density at radius 1 is 1.11 bits per heavy atom. The van der Waals surface area contributed by atoms with Crippen LogP contribution in [0.1, 0.15) is 23.2 Å². The maximum Gasteiger partial charge on any atom is 0.413 e. The lowest BCUT2D eigenvalue weighted by Crippen LogP contribution is -2.42. The zero-order valence-electron chi connectivity index (χ0n) is 20.2. The fourth-order valence-corrected chi connectivity index (χ4v) is 4.24. The molecule has 1 aliphatic heterocycles. The molecule has 2 aromatic rings. The molecule has 2 aromatic carbocycles. The predicted octanol–water partition coefficient (Wildman–Crippen LogP) is 4.65. The van der Waals surface area contributed by atoms with Gasteiger partial charge in [0, 0.05) is 35.0 Å². The van der Waals surface area contributed by atoms with E-state index < -0.39 is 47.6 Å². The molecular weight excluding hydrogens is 507 g/mol. The maximum atomic E-state index is 13.4. The van der Waals surface area contributed by atoms with Crippen LogP contribution in [0.25, 0.3) is 11.1 Å². The van der Waals surface area contributed by atoms with Crippen molar-refractivity contribution in [1.29, 1.82) is 0 Å². The van der Waals surface area contributed by atoms with Gasteiger partial charge in [-0.15, -0.1) is 0 Å². The van der Waals surface area contributed by atoms with Gasteiger partial charge >= 0.3 is 12.1 Å². The minimum absolute atomic E-state index is 0.205. The van der Waals surface area contributed by atoms with Crippen molar-refractivity contribution in [3.05, 3.63) is 65.2 Å². The summed E-state index contributed by atoms with van der Waals surface area (Å²) in [6.07, 6.45) is -1.74. The Kier molecular flexibility index (Phi) is 9.51. The average Bonchev–Trinajstić information content (AvgIpc) is 2.90. The Hall–Kier alpha value is -3.60. The van der Waals surface area contributed by atoms with Gasteiger partial charge in [0.15, 0.2) is 0 Å². The highest BCUT2D eigenvalue weighted by Crippen LogP contribution is 2.33. The molecule has 0 saturated carbocycles. The zero-order valence-corrected chi connectivity index (χ0v) is 21.0. The maximum absolute atomic E-state index is 13.4. The highest BCUT2D eigenvalue weighted by molar-refractivity contribution is 7.98. The van der Waals surface area contributed by atoms with Crippen molar-refractivity contribution in [3.63, 3.8) is 0 Å². The molecule has 0 unspecified atom stereocenters. The Balaban J connectivity index is 1.94.